The fourth-order valence-corrected chi connectivity index (χ4v) is 3.50. The van der Waals surface area contributed by atoms with Crippen molar-refractivity contribution in [2.24, 2.45) is 0 Å². The second-order valence-corrected chi connectivity index (χ2v) is 7.39. The van der Waals surface area contributed by atoms with Gasteiger partial charge in [-0.2, -0.15) is 0 Å². The van der Waals surface area contributed by atoms with Crippen molar-refractivity contribution in [3.8, 4) is 5.75 Å². The molecule has 0 aromatic heterocycles. The molecular formula is C20H29N3O5. The van der Waals surface area contributed by atoms with E-state index in [1.54, 1.807) is 31.4 Å². The molecule has 0 spiro atoms. The van der Waals surface area contributed by atoms with E-state index in [-0.39, 0.29) is 37.1 Å². The molecule has 1 saturated carbocycles. The van der Waals surface area contributed by atoms with Gasteiger partial charge in [0.1, 0.15) is 11.9 Å². The van der Waals surface area contributed by atoms with Gasteiger partial charge in [-0.05, 0) is 56.4 Å². The number of benzene rings is 1. The van der Waals surface area contributed by atoms with E-state index in [0.29, 0.717) is 30.3 Å². The number of aliphatic hydroxyl groups is 1. The quantitative estimate of drug-likeness (QED) is 0.567. The summed E-state index contributed by atoms with van der Waals surface area (Å²) >= 11 is 0. The molecule has 154 valence electrons. The summed E-state index contributed by atoms with van der Waals surface area (Å²) in [5, 5.41) is 18.3. The minimum atomic E-state index is -0.531. The molecule has 8 nitrogen and oxygen atoms in total. The lowest BCUT2D eigenvalue weighted by atomic mass is 9.92. The van der Waals surface area contributed by atoms with Crippen molar-refractivity contribution in [2.75, 3.05) is 19.0 Å². The van der Waals surface area contributed by atoms with Crippen LogP contribution < -0.4 is 20.7 Å². The van der Waals surface area contributed by atoms with E-state index >= 15 is 0 Å². The van der Waals surface area contributed by atoms with Gasteiger partial charge in [-0.15, -0.1) is 0 Å². The topological polar surface area (TPSA) is 109 Å². The van der Waals surface area contributed by atoms with Crippen molar-refractivity contribution in [3.63, 3.8) is 0 Å². The van der Waals surface area contributed by atoms with Gasteiger partial charge in [0.2, 0.25) is 5.91 Å². The van der Waals surface area contributed by atoms with Crippen LogP contribution in [0.25, 0.3) is 0 Å². The Morgan fingerprint density at radius 1 is 1.14 bits per heavy atom. The Morgan fingerprint density at radius 2 is 1.89 bits per heavy atom. The molecule has 1 aliphatic heterocycles. The zero-order chi connectivity index (χ0) is 19.9. The van der Waals surface area contributed by atoms with Crippen molar-refractivity contribution < 1.29 is 24.2 Å². The lowest BCUT2D eigenvalue weighted by Gasteiger charge is -2.36. The van der Waals surface area contributed by atoms with Crippen LogP contribution in [-0.4, -0.2) is 55.1 Å². The molecular weight excluding hydrogens is 362 g/mol. The van der Waals surface area contributed by atoms with Crippen LogP contribution in [0.2, 0.25) is 0 Å². The average Bonchev–Trinajstić information content (AvgIpc) is 2.66. The number of hydrogen-bond donors (Lipinski definition) is 4. The van der Waals surface area contributed by atoms with Crippen molar-refractivity contribution in [2.45, 2.75) is 62.8 Å². The number of hydrogen-bond acceptors (Lipinski definition) is 5. The molecule has 1 saturated heterocycles. The summed E-state index contributed by atoms with van der Waals surface area (Å²) in [7, 11) is 1.58. The fraction of sp³-hybridized carbons (Fsp3) is 0.600. The largest absolute Gasteiger partial charge is 0.497 e. The molecule has 3 rings (SSSR count). The van der Waals surface area contributed by atoms with Crippen LogP contribution in [0.5, 0.6) is 5.75 Å². The highest BCUT2D eigenvalue weighted by molar-refractivity contribution is 5.89. The first kappa shape index (κ1) is 20.4. The maximum Gasteiger partial charge on any atom is 0.319 e. The standard InChI is InChI=1S/C20H29N3O5/c1-27-15-7-5-14(6-8-15)22-20(26)23-17-10-9-16(28-18(17)12-24)11-19(25)21-13-3-2-4-13/h5-8,13,16-18,24H,2-4,9-12H2,1H3,(H,21,25)(H2,22,23,26)/t16-,17-,18+/m1/s1. The molecule has 0 radical (unpaired) electrons. The third-order valence-corrected chi connectivity index (χ3v) is 5.34. The molecule has 2 aliphatic rings. The van der Waals surface area contributed by atoms with Gasteiger partial charge in [-0.25, -0.2) is 4.79 Å². The van der Waals surface area contributed by atoms with Crippen molar-refractivity contribution in [1.82, 2.24) is 10.6 Å². The smallest absolute Gasteiger partial charge is 0.319 e. The predicted molar refractivity (Wildman–Crippen MR) is 104 cm³/mol. The first-order valence-electron chi connectivity index (χ1n) is 9.84. The van der Waals surface area contributed by atoms with Gasteiger partial charge in [0.05, 0.1) is 32.3 Å². The Labute approximate surface area is 165 Å². The Bertz CT molecular complexity index is 662. The summed E-state index contributed by atoms with van der Waals surface area (Å²) in [6.45, 7) is -0.214. The highest BCUT2D eigenvalue weighted by Crippen LogP contribution is 2.23. The van der Waals surface area contributed by atoms with Crippen molar-refractivity contribution in [1.29, 1.82) is 0 Å². The third-order valence-electron chi connectivity index (χ3n) is 5.34. The minimum absolute atomic E-state index is 0.00459. The highest BCUT2D eigenvalue weighted by atomic mass is 16.5. The molecule has 28 heavy (non-hydrogen) atoms. The van der Waals surface area contributed by atoms with Gasteiger partial charge >= 0.3 is 6.03 Å². The molecule has 1 aromatic carbocycles. The molecule has 8 heteroatoms. The van der Waals surface area contributed by atoms with Crippen molar-refractivity contribution in [3.05, 3.63) is 24.3 Å². The number of urea groups is 1. The van der Waals surface area contributed by atoms with Crippen LogP contribution in [-0.2, 0) is 9.53 Å². The molecule has 0 bridgehead atoms. The van der Waals surface area contributed by atoms with Gasteiger partial charge in [0.15, 0.2) is 0 Å². The zero-order valence-corrected chi connectivity index (χ0v) is 16.1. The third kappa shape index (κ3) is 5.59. The molecule has 4 N–H and O–H groups in total. The minimum Gasteiger partial charge on any atom is -0.497 e. The van der Waals surface area contributed by atoms with Crippen LogP contribution in [0.3, 0.4) is 0 Å². The Morgan fingerprint density at radius 3 is 2.50 bits per heavy atom. The second kappa shape index (κ2) is 9.75. The van der Waals surface area contributed by atoms with Crippen LogP contribution in [0.1, 0.15) is 38.5 Å². The summed E-state index contributed by atoms with van der Waals surface area (Å²) in [5.74, 6) is 0.703. The van der Waals surface area contributed by atoms with Crippen molar-refractivity contribution >= 4 is 17.6 Å². The van der Waals surface area contributed by atoms with Gasteiger partial charge in [-0.1, -0.05) is 0 Å². The Kier molecular flexibility index (Phi) is 7.11. The van der Waals surface area contributed by atoms with E-state index in [9.17, 15) is 14.7 Å². The normalized spacial score (nSPS) is 24.7. The second-order valence-electron chi connectivity index (χ2n) is 7.39. The van der Waals surface area contributed by atoms with E-state index < -0.39 is 6.10 Å². The van der Waals surface area contributed by atoms with E-state index in [4.69, 9.17) is 9.47 Å². The first-order chi connectivity index (χ1) is 13.6. The Balaban J connectivity index is 1.45. The molecule has 1 aliphatic carbocycles. The van der Waals surface area contributed by atoms with E-state index in [1.807, 2.05) is 0 Å². The monoisotopic (exact) mass is 391 g/mol. The van der Waals surface area contributed by atoms with E-state index in [0.717, 1.165) is 12.8 Å². The predicted octanol–water partition coefficient (Wildman–Crippen LogP) is 1.78. The summed E-state index contributed by atoms with van der Waals surface area (Å²) in [6, 6.07) is 6.64. The number of amides is 3. The summed E-state index contributed by atoms with van der Waals surface area (Å²) in [5.41, 5.74) is 0.640. The molecule has 1 aromatic rings. The number of anilines is 1. The van der Waals surface area contributed by atoms with Crippen LogP contribution in [0.15, 0.2) is 24.3 Å². The molecule has 2 fully saturated rings. The summed E-state index contributed by atoms with van der Waals surface area (Å²) < 4.78 is 11.0. The maximum atomic E-state index is 12.3. The number of rotatable bonds is 7. The summed E-state index contributed by atoms with van der Waals surface area (Å²) in [4.78, 5) is 24.3. The maximum absolute atomic E-state index is 12.3. The highest BCUT2D eigenvalue weighted by Gasteiger charge is 2.33. The number of nitrogens with one attached hydrogen (secondary N) is 3. The van der Waals surface area contributed by atoms with E-state index in [1.165, 1.54) is 6.42 Å². The average molecular weight is 391 g/mol. The zero-order valence-electron chi connectivity index (χ0n) is 16.1. The van der Waals surface area contributed by atoms with Gasteiger partial charge in [0.25, 0.3) is 0 Å². The van der Waals surface area contributed by atoms with Crippen LogP contribution in [0, 0.1) is 0 Å². The lowest BCUT2D eigenvalue weighted by molar-refractivity contribution is -0.131. The van der Waals surface area contributed by atoms with Gasteiger partial charge in [-0.3, -0.25) is 4.79 Å². The fourth-order valence-electron chi connectivity index (χ4n) is 3.50. The molecule has 3 amide bonds. The van der Waals surface area contributed by atoms with Crippen LogP contribution >= 0.6 is 0 Å². The SMILES string of the molecule is COc1ccc(NC(=O)N[C@@H]2CC[C@H](CC(=O)NC3CCC3)O[C@H]2CO)cc1. The Hall–Kier alpha value is -2.32. The number of aliphatic hydroxyl groups excluding tert-OH is 1. The van der Waals surface area contributed by atoms with Gasteiger partial charge in [0, 0.05) is 11.7 Å². The summed E-state index contributed by atoms with van der Waals surface area (Å²) in [6.07, 6.45) is 4.08. The van der Waals surface area contributed by atoms with E-state index in [2.05, 4.69) is 16.0 Å². The number of carbonyl (C=O) groups excluding carboxylic acids is 2. The number of carbonyl (C=O) groups is 2. The number of methoxy groups -OCH3 is 1. The molecule has 1 heterocycles. The number of ether oxygens (including phenoxy) is 2. The van der Waals surface area contributed by atoms with Gasteiger partial charge < -0.3 is 30.5 Å². The van der Waals surface area contributed by atoms with Crippen LogP contribution in [0.4, 0.5) is 10.5 Å². The first-order valence-corrected chi connectivity index (χ1v) is 9.84. The lowest BCUT2D eigenvalue weighted by Crippen LogP contribution is -2.52. The molecule has 0 unspecified atom stereocenters. The molecule has 3 atom stereocenters.